The van der Waals surface area contributed by atoms with Crippen molar-refractivity contribution in [1.29, 1.82) is 0 Å². The number of thiazole rings is 1. The summed E-state index contributed by atoms with van der Waals surface area (Å²) in [5, 5.41) is 5.34. The number of hydrogen-bond acceptors (Lipinski definition) is 5. The summed E-state index contributed by atoms with van der Waals surface area (Å²) < 4.78 is 0. The first-order valence-electron chi connectivity index (χ1n) is 11.8. The Morgan fingerprint density at radius 3 is 2.48 bits per heavy atom. The lowest BCUT2D eigenvalue weighted by Crippen LogP contribution is -2.49. The second-order valence-corrected chi connectivity index (χ2v) is 11.1. The van der Waals surface area contributed by atoms with Crippen LogP contribution in [0, 0.1) is 23.7 Å². The summed E-state index contributed by atoms with van der Waals surface area (Å²) in [4.78, 5) is 45.7. The van der Waals surface area contributed by atoms with Crippen LogP contribution in [0.3, 0.4) is 0 Å². The third-order valence-electron chi connectivity index (χ3n) is 8.13. The molecule has 0 saturated heterocycles. The Labute approximate surface area is 197 Å². The normalized spacial score (nSPS) is 32.1. The molecule has 2 heterocycles. The van der Waals surface area contributed by atoms with E-state index in [0.717, 1.165) is 23.4 Å². The predicted octanol–water partition coefficient (Wildman–Crippen LogP) is 4.58. The summed E-state index contributed by atoms with van der Waals surface area (Å²) in [6.45, 7) is 3.95. The number of carbonyl (C=O) groups is 3. The molecule has 170 valence electrons. The number of nitrogens with zero attached hydrogens (tertiary/aromatic N) is 2. The molecule has 33 heavy (non-hydrogen) atoms. The Bertz CT molecular complexity index is 1130. The molecule has 1 N–H and O–H groups in total. The first kappa shape index (κ1) is 20.8. The van der Waals surface area contributed by atoms with Crippen molar-refractivity contribution < 1.29 is 14.4 Å². The minimum absolute atomic E-state index is 0.143. The van der Waals surface area contributed by atoms with Gasteiger partial charge in [0.05, 0.1) is 11.4 Å². The molecular weight excluding hydrogens is 434 g/mol. The highest BCUT2D eigenvalue weighted by molar-refractivity contribution is 7.14. The second kappa shape index (κ2) is 7.62. The van der Waals surface area contributed by atoms with E-state index in [1.807, 2.05) is 0 Å². The fourth-order valence-electron chi connectivity index (χ4n) is 7.18. The Morgan fingerprint density at radius 1 is 1.15 bits per heavy atom. The fourth-order valence-corrected chi connectivity index (χ4v) is 8.02. The van der Waals surface area contributed by atoms with Crippen LogP contribution in [0.15, 0.2) is 42.3 Å². The van der Waals surface area contributed by atoms with Gasteiger partial charge in [0.15, 0.2) is 16.8 Å². The zero-order valence-corrected chi connectivity index (χ0v) is 19.3. The number of fused-ring (bicyclic) bond motifs is 1. The van der Waals surface area contributed by atoms with Crippen LogP contribution < -0.4 is 10.2 Å². The predicted molar refractivity (Wildman–Crippen MR) is 127 cm³/mol. The van der Waals surface area contributed by atoms with Gasteiger partial charge in [-0.2, -0.15) is 0 Å². The van der Waals surface area contributed by atoms with Crippen LogP contribution in [0.2, 0.25) is 0 Å². The average molecular weight is 462 g/mol. The lowest BCUT2D eigenvalue weighted by molar-refractivity contribution is -0.129. The summed E-state index contributed by atoms with van der Waals surface area (Å²) in [6.07, 6.45) is 9.28. The molecule has 2 aromatic rings. The molecule has 4 aliphatic carbocycles. The molecule has 1 unspecified atom stereocenters. The van der Waals surface area contributed by atoms with Crippen LogP contribution in [-0.4, -0.2) is 29.1 Å². The van der Waals surface area contributed by atoms with Crippen molar-refractivity contribution in [2.75, 3.05) is 16.8 Å². The van der Waals surface area contributed by atoms with Gasteiger partial charge in [-0.05, 0) is 68.4 Å². The van der Waals surface area contributed by atoms with Gasteiger partial charge in [-0.3, -0.25) is 14.4 Å². The quantitative estimate of drug-likeness (QED) is 0.522. The van der Waals surface area contributed by atoms with Gasteiger partial charge in [0.1, 0.15) is 0 Å². The summed E-state index contributed by atoms with van der Waals surface area (Å²) in [7, 11) is 0. The number of hydrogen-bond donors (Lipinski definition) is 1. The molecule has 1 atom stereocenters. The smallest absolute Gasteiger partial charge is 0.247 e. The largest absolute Gasteiger partial charge is 0.307 e. The van der Waals surface area contributed by atoms with Crippen molar-refractivity contribution in [3.63, 3.8) is 0 Å². The van der Waals surface area contributed by atoms with E-state index in [2.05, 4.69) is 17.3 Å². The lowest BCUT2D eigenvalue weighted by Gasteiger charge is -2.56. The van der Waals surface area contributed by atoms with Gasteiger partial charge >= 0.3 is 0 Å². The highest BCUT2D eigenvalue weighted by Gasteiger charge is 2.52. The van der Waals surface area contributed by atoms with Gasteiger partial charge in [0.25, 0.3) is 0 Å². The Kier molecular flexibility index (Phi) is 4.80. The molecule has 5 aliphatic rings. The van der Waals surface area contributed by atoms with Crippen molar-refractivity contribution in [3.05, 3.63) is 53.6 Å². The van der Waals surface area contributed by atoms with Crippen molar-refractivity contribution in [2.45, 2.75) is 43.9 Å². The standard InChI is InChI=1S/C26H27N3O3S/c1-2-7-29-19-6-4-3-5-18(19)22(30)21(24(29)32)23(31)28-25-27-20(14-33-25)26-11-15-8-16(12-26)10-17(9-15)13-26/h2-6,14-17,21H,1,7-13H2,(H,27,28,31). The summed E-state index contributed by atoms with van der Waals surface area (Å²) in [5.41, 5.74) is 2.13. The molecule has 1 aliphatic heterocycles. The minimum atomic E-state index is -1.41. The maximum atomic E-state index is 13.2. The molecule has 1 aromatic carbocycles. The van der Waals surface area contributed by atoms with E-state index in [1.54, 1.807) is 30.3 Å². The maximum Gasteiger partial charge on any atom is 0.247 e. The minimum Gasteiger partial charge on any atom is -0.307 e. The number of nitrogens with one attached hydrogen (secondary N) is 1. The highest BCUT2D eigenvalue weighted by atomic mass is 32.1. The van der Waals surface area contributed by atoms with E-state index in [1.165, 1.54) is 54.8 Å². The number of amides is 2. The molecule has 7 heteroatoms. The average Bonchev–Trinajstić information content (AvgIpc) is 3.25. The SMILES string of the molecule is C=CCN1C(=O)C(C(=O)Nc2nc(C34CC5CC(CC(C5)C3)C4)cs2)C(=O)c2ccccc21. The molecule has 7 rings (SSSR count). The first-order valence-corrected chi connectivity index (χ1v) is 12.7. The molecule has 4 bridgehead atoms. The number of rotatable bonds is 5. The van der Waals surface area contributed by atoms with Gasteiger partial charge in [-0.25, -0.2) is 4.98 Å². The van der Waals surface area contributed by atoms with E-state index >= 15 is 0 Å². The fraction of sp³-hybridized carbons (Fsp3) is 0.462. The topological polar surface area (TPSA) is 79.4 Å². The number of anilines is 2. The van der Waals surface area contributed by atoms with Gasteiger partial charge in [0.2, 0.25) is 11.8 Å². The van der Waals surface area contributed by atoms with Crippen LogP contribution in [0.4, 0.5) is 10.8 Å². The third-order valence-corrected chi connectivity index (χ3v) is 8.88. The monoisotopic (exact) mass is 461 g/mol. The molecule has 4 saturated carbocycles. The van der Waals surface area contributed by atoms with Gasteiger partial charge in [-0.15, -0.1) is 17.9 Å². The van der Waals surface area contributed by atoms with Crippen molar-refractivity contribution in [2.24, 2.45) is 23.7 Å². The first-order chi connectivity index (χ1) is 16.0. The van der Waals surface area contributed by atoms with E-state index in [-0.39, 0.29) is 12.0 Å². The maximum absolute atomic E-state index is 13.2. The van der Waals surface area contributed by atoms with Crippen molar-refractivity contribution in [3.8, 4) is 0 Å². The second-order valence-electron chi connectivity index (χ2n) is 10.3. The zero-order valence-electron chi connectivity index (χ0n) is 18.5. The van der Waals surface area contributed by atoms with E-state index in [4.69, 9.17) is 4.98 Å². The van der Waals surface area contributed by atoms with Crippen molar-refractivity contribution in [1.82, 2.24) is 4.98 Å². The number of carbonyl (C=O) groups excluding carboxylic acids is 3. The van der Waals surface area contributed by atoms with Crippen LogP contribution >= 0.6 is 11.3 Å². The van der Waals surface area contributed by atoms with Gasteiger partial charge in [0, 0.05) is 22.9 Å². The molecule has 0 spiro atoms. The van der Waals surface area contributed by atoms with E-state index in [0.29, 0.717) is 16.4 Å². The summed E-state index contributed by atoms with van der Waals surface area (Å²) in [5.74, 6) is -0.579. The molecule has 1 aromatic heterocycles. The van der Waals surface area contributed by atoms with E-state index < -0.39 is 23.5 Å². The number of Topliss-reactive ketones (excluding diaryl/α,β-unsaturated/α-hetero) is 1. The van der Waals surface area contributed by atoms with E-state index in [9.17, 15) is 14.4 Å². The van der Waals surface area contributed by atoms with Crippen LogP contribution in [0.5, 0.6) is 0 Å². The number of para-hydroxylation sites is 1. The van der Waals surface area contributed by atoms with Gasteiger partial charge in [-0.1, -0.05) is 18.2 Å². The van der Waals surface area contributed by atoms with Crippen LogP contribution in [-0.2, 0) is 15.0 Å². The number of benzene rings is 1. The summed E-state index contributed by atoms with van der Waals surface area (Å²) >= 11 is 1.39. The summed E-state index contributed by atoms with van der Waals surface area (Å²) in [6, 6.07) is 6.90. The van der Waals surface area contributed by atoms with Crippen LogP contribution in [0.25, 0.3) is 0 Å². The van der Waals surface area contributed by atoms with Crippen LogP contribution in [0.1, 0.15) is 54.6 Å². The molecule has 6 nitrogen and oxygen atoms in total. The Hall–Kier alpha value is -2.80. The molecule has 4 fully saturated rings. The molecule has 0 radical (unpaired) electrons. The Morgan fingerprint density at radius 2 is 1.82 bits per heavy atom. The highest BCUT2D eigenvalue weighted by Crippen LogP contribution is 2.60. The lowest BCUT2D eigenvalue weighted by atomic mass is 9.49. The van der Waals surface area contributed by atoms with Gasteiger partial charge < -0.3 is 10.2 Å². The zero-order chi connectivity index (χ0) is 22.7. The Balaban J connectivity index is 1.24. The molecular formula is C26H27N3O3S. The molecule has 2 amide bonds. The number of aromatic nitrogens is 1. The van der Waals surface area contributed by atoms with Crippen molar-refractivity contribution >= 4 is 39.8 Å². The number of ketones is 1. The third kappa shape index (κ3) is 3.28.